The SMILES string of the molecule is CNC(=O)N1CCOc2ncc(Nc3ncc4c(n3)C(C)(C)Oc3cc(-c5nocc5C)ccc3-4)cc21. The van der Waals surface area contributed by atoms with Gasteiger partial charge in [-0.05, 0) is 39.0 Å². The first-order chi connectivity index (χ1) is 17.8. The Kier molecular flexibility index (Phi) is 5.21. The van der Waals surface area contributed by atoms with Crippen LogP contribution in [-0.4, -0.2) is 46.3 Å². The number of aryl methyl sites for hydroxylation is 1. The van der Waals surface area contributed by atoms with E-state index in [1.165, 1.54) is 0 Å². The predicted octanol–water partition coefficient (Wildman–Crippen LogP) is 4.41. The van der Waals surface area contributed by atoms with E-state index in [9.17, 15) is 4.79 Å². The highest BCUT2D eigenvalue weighted by Crippen LogP contribution is 2.46. The molecule has 2 amide bonds. The fourth-order valence-corrected chi connectivity index (χ4v) is 4.61. The maximum Gasteiger partial charge on any atom is 0.321 e. The number of fused-ring (bicyclic) bond motifs is 4. The Balaban J connectivity index is 1.33. The number of urea groups is 1. The summed E-state index contributed by atoms with van der Waals surface area (Å²) in [6.07, 6.45) is 5.04. The lowest BCUT2D eigenvalue weighted by Gasteiger charge is -2.34. The van der Waals surface area contributed by atoms with Crippen LogP contribution in [0, 0.1) is 6.92 Å². The Morgan fingerprint density at radius 1 is 1.14 bits per heavy atom. The number of carbonyl (C=O) groups excluding carboxylic acids is 1. The third-order valence-corrected chi connectivity index (χ3v) is 6.41. The van der Waals surface area contributed by atoms with Crippen molar-refractivity contribution in [3.8, 4) is 34.0 Å². The van der Waals surface area contributed by atoms with Crippen molar-refractivity contribution in [2.75, 3.05) is 30.4 Å². The lowest BCUT2D eigenvalue weighted by Crippen LogP contribution is -2.43. The minimum Gasteiger partial charge on any atom is -0.481 e. The first-order valence-corrected chi connectivity index (χ1v) is 11.9. The molecule has 11 heteroatoms. The van der Waals surface area contributed by atoms with E-state index in [1.807, 2.05) is 39.0 Å². The van der Waals surface area contributed by atoms with Crippen molar-refractivity contribution >= 4 is 23.4 Å². The molecule has 1 aromatic carbocycles. The lowest BCUT2D eigenvalue weighted by atomic mass is 9.90. The van der Waals surface area contributed by atoms with E-state index in [2.05, 4.69) is 25.8 Å². The Hall–Kier alpha value is -4.67. The van der Waals surface area contributed by atoms with Crippen molar-refractivity contribution < 1.29 is 18.8 Å². The van der Waals surface area contributed by atoms with Gasteiger partial charge in [-0.1, -0.05) is 11.2 Å². The van der Waals surface area contributed by atoms with Gasteiger partial charge in [-0.15, -0.1) is 0 Å². The fraction of sp³-hybridized carbons (Fsp3) is 0.269. The zero-order valence-corrected chi connectivity index (χ0v) is 20.8. The van der Waals surface area contributed by atoms with Crippen LogP contribution in [0.5, 0.6) is 11.6 Å². The summed E-state index contributed by atoms with van der Waals surface area (Å²) in [6, 6.07) is 7.51. The van der Waals surface area contributed by atoms with Crippen molar-refractivity contribution in [1.82, 2.24) is 25.4 Å². The number of nitrogens with zero attached hydrogens (tertiary/aromatic N) is 5. The summed E-state index contributed by atoms with van der Waals surface area (Å²) < 4.78 is 17.1. The molecular weight excluding hydrogens is 474 g/mol. The second-order valence-electron chi connectivity index (χ2n) is 9.35. The first-order valence-electron chi connectivity index (χ1n) is 11.9. The predicted molar refractivity (Wildman–Crippen MR) is 136 cm³/mol. The van der Waals surface area contributed by atoms with E-state index in [1.54, 1.807) is 36.7 Å². The molecule has 4 aromatic rings. The fourth-order valence-electron chi connectivity index (χ4n) is 4.61. The standard InChI is InChI=1S/C26H25N7O4/c1-14-13-36-32-21(14)15-5-6-17-18-12-29-24(31-22(18)26(2,3)37-20(17)9-15)30-16-10-19-23(28-11-16)35-8-7-33(19)25(34)27-4/h5-6,9-13H,7-8H2,1-4H3,(H,27,34)(H,29,30,31). The zero-order valence-electron chi connectivity index (χ0n) is 20.8. The highest BCUT2D eigenvalue weighted by Gasteiger charge is 2.35. The second-order valence-corrected chi connectivity index (χ2v) is 9.35. The van der Waals surface area contributed by atoms with Crippen LogP contribution in [0.2, 0.25) is 0 Å². The molecule has 0 saturated carbocycles. The summed E-state index contributed by atoms with van der Waals surface area (Å²) >= 11 is 0. The molecule has 0 saturated heterocycles. The van der Waals surface area contributed by atoms with E-state index >= 15 is 0 Å². The van der Waals surface area contributed by atoms with Crippen molar-refractivity contribution in [1.29, 1.82) is 0 Å². The van der Waals surface area contributed by atoms with Crippen molar-refractivity contribution in [2.45, 2.75) is 26.4 Å². The Morgan fingerprint density at radius 2 is 2.00 bits per heavy atom. The molecule has 2 N–H and O–H groups in total. The Bertz CT molecular complexity index is 1530. The first kappa shape index (κ1) is 22.8. The number of nitrogens with one attached hydrogen (secondary N) is 2. The normalized spacial score (nSPS) is 15.0. The summed E-state index contributed by atoms with van der Waals surface area (Å²) in [5.41, 5.74) is 5.69. The quantitative estimate of drug-likeness (QED) is 0.421. The molecule has 0 aliphatic carbocycles. The molecule has 5 heterocycles. The highest BCUT2D eigenvalue weighted by atomic mass is 16.5. The van der Waals surface area contributed by atoms with Crippen molar-refractivity contribution in [3.63, 3.8) is 0 Å². The van der Waals surface area contributed by atoms with Gasteiger partial charge in [0, 0.05) is 35.5 Å². The number of carbonyl (C=O) groups is 1. The number of aromatic nitrogens is 4. The highest BCUT2D eigenvalue weighted by molar-refractivity contribution is 5.94. The molecule has 0 spiro atoms. The second kappa shape index (κ2) is 8.47. The van der Waals surface area contributed by atoms with Gasteiger partial charge >= 0.3 is 6.03 Å². The van der Waals surface area contributed by atoms with Crippen LogP contribution in [0.4, 0.5) is 22.1 Å². The smallest absolute Gasteiger partial charge is 0.321 e. The van der Waals surface area contributed by atoms with Gasteiger partial charge in [0.1, 0.15) is 35.6 Å². The van der Waals surface area contributed by atoms with E-state index in [4.69, 9.17) is 19.0 Å². The number of rotatable bonds is 3. The summed E-state index contributed by atoms with van der Waals surface area (Å²) in [5, 5.41) is 9.96. The molecule has 0 atom stereocenters. The molecule has 0 radical (unpaired) electrons. The summed E-state index contributed by atoms with van der Waals surface area (Å²) in [5.74, 6) is 1.52. The topological polar surface area (TPSA) is 128 Å². The summed E-state index contributed by atoms with van der Waals surface area (Å²) in [7, 11) is 1.59. The molecule has 2 aliphatic rings. The molecule has 37 heavy (non-hydrogen) atoms. The van der Waals surface area contributed by atoms with E-state index in [-0.39, 0.29) is 6.03 Å². The van der Waals surface area contributed by atoms with Gasteiger partial charge in [-0.3, -0.25) is 4.90 Å². The summed E-state index contributed by atoms with van der Waals surface area (Å²) in [6.45, 7) is 6.70. The average molecular weight is 500 g/mol. The number of benzene rings is 1. The summed E-state index contributed by atoms with van der Waals surface area (Å²) in [4.78, 5) is 27.6. The van der Waals surface area contributed by atoms with Crippen LogP contribution < -0.4 is 25.0 Å². The van der Waals surface area contributed by atoms with Crippen LogP contribution >= 0.6 is 0 Å². The van der Waals surface area contributed by atoms with E-state index in [0.717, 1.165) is 39.4 Å². The van der Waals surface area contributed by atoms with E-state index in [0.29, 0.717) is 36.4 Å². The molecule has 11 nitrogen and oxygen atoms in total. The molecule has 6 rings (SSSR count). The van der Waals surface area contributed by atoms with Gasteiger partial charge in [0.15, 0.2) is 0 Å². The maximum absolute atomic E-state index is 12.3. The lowest BCUT2D eigenvalue weighted by molar-refractivity contribution is 0.101. The molecule has 0 unspecified atom stereocenters. The molecule has 3 aromatic heterocycles. The van der Waals surface area contributed by atoms with Gasteiger partial charge < -0.3 is 24.6 Å². The van der Waals surface area contributed by atoms with Crippen LogP contribution in [0.1, 0.15) is 25.1 Å². The van der Waals surface area contributed by atoms with Gasteiger partial charge in [0.25, 0.3) is 0 Å². The van der Waals surface area contributed by atoms with Gasteiger partial charge in [0.05, 0.1) is 24.1 Å². The molecule has 188 valence electrons. The third kappa shape index (κ3) is 3.88. The minimum atomic E-state index is -0.711. The molecule has 0 bridgehead atoms. The van der Waals surface area contributed by atoms with E-state index < -0.39 is 5.60 Å². The number of anilines is 3. The van der Waals surface area contributed by atoms with Gasteiger partial charge in [-0.25, -0.2) is 19.7 Å². The maximum atomic E-state index is 12.3. The number of hydrogen-bond donors (Lipinski definition) is 2. The zero-order chi connectivity index (χ0) is 25.7. The molecule has 2 aliphatic heterocycles. The minimum absolute atomic E-state index is 0.229. The van der Waals surface area contributed by atoms with Crippen LogP contribution in [0.3, 0.4) is 0 Å². The Labute approximate surface area is 212 Å². The Morgan fingerprint density at radius 3 is 2.78 bits per heavy atom. The number of hydrogen-bond acceptors (Lipinski definition) is 9. The van der Waals surface area contributed by atoms with Crippen molar-refractivity contribution in [3.05, 3.63) is 54.2 Å². The number of pyridine rings is 1. The third-order valence-electron chi connectivity index (χ3n) is 6.41. The van der Waals surface area contributed by atoms with Crippen LogP contribution in [-0.2, 0) is 5.60 Å². The molecular formula is C26H25N7O4. The van der Waals surface area contributed by atoms with Crippen LogP contribution in [0.25, 0.3) is 22.4 Å². The molecule has 0 fully saturated rings. The van der Waals surface area contributed by atoms with Crippen molar-refractivity contribution in [2.24, 2.45) is 0 Å². The number of amides is 2. The van der Waals surface area contributed by atoms with Gasteiger partial charge in [0.2, 0.25) is 11.8 Å². The monoisotopic (exact) mass is 499 g/mol. The largest absolute Gasteiger partial charge is 0.481 e. The van der Waals surface area contributed by atoms with Crippen LogP contribution in [0.15, 0.2) is 47.4 Å². The number of ether oxygens (including phenoxy) is 2. The van der Waals surface area contributed by atoms with Gasteiger partial charge in [-0.2, -0.15) is 0 Å². The average Bonchev–Trinajstić information content (AvgIpc) is 3.33.